The molecule has 0 aliphatic carbocycles. The Bertz CT molecular complexity index is 1040. The molecular formula is C25H22O2. The highest BCUT2D eigenvalue weighted by atomic mass is 16.7. The summed E-state index contributed by atoms with van der Waals surface area (Å²) < 4.78 is 12.7. The van der Waals surface area contributed by atoms with E-state index in [1.807, 2.05) is 13.8 Å². The summed E-state index contributed by atoms with van der Waals surface area (Å²) in [5.41, 5.74) is 2.30. The van der Waals surface area contributed by atoms with Gasteiger partial charge in [-0.15, -0.1) is 0 Å². The van der Waals surface area contributed by atoms with Gasteiger partial charge in [0.2, 0.25) is 0 Å². The third-order valence-electron chi connectivity index (χ3n) is 5.30. The van der Waals surface area contributed by atoms with Crippen LogP contribution in [0.25, 0.3) is 21.5 Å². The molecule has 5 rings (SSSR count). The fourth-order valence-electron chi connectivity index (χ4n) is 4.02. The molecule has 0 N–H and O–H groups in total. The zero-order valence-electron chi connectivity index (χ0n) is 15.6. The highest BCUT2D eigenvalue weighted by Gasteiger charge is 2.42. The van der Waals surface area contributed by atoms with Crippen LogP contribution in [0.5, 0.6) is 0 Å². The van der Waals surface area contributed by atoms with Crippen molar-refractivity contribution in [3.63, 3.8) is 0 Å². The highest BCUT2D eigenvalue weighted by molar-refractivity contribution is 5.84. The van der Waals surface area contributed by atoms with Gasteiger partial charge in [0.1, 0.15) is 12.2 Å². The molecular weight excluding hydrogens is 332 g/mol. The van der Waals surface area contributed by atoms with Gasteiger partial charge in [0, 0.05) is 0 Å². The van der Waals surface area contributed by atoms with Gasteiger partial charge in [-0.2, -0.15) is 0 Å². The Morgan fingerprint density at radius 1 is 0.556 bits per heavy atom. The normalized spacial score (nSPS) is 21.7. The van der Waals surface area contributed by atoms with E-state index in [9.17, 15) is 0 Å². The van der Waals surface area contributed by atoms with Crippen LogP contribution in [0.1, 0.15) is 37.2 Å². The van der Waals surface area contributed by atoms with E-state index >= 15 is 0 Å². The van der Waals surface area contributed by atoms with Crippen LogP contribution in [0.3, 0.4) is 0 Å². The number of hydrogen-bond acceptors (Lipinski definition) is 2. The van der Waals surface area contributed by atoms with Crippen molar-refractivity contribution in [1.29, 1.82) is 0 Å². The molecule has 2 nitrogen and oxygen atoms in total. The Hall–Kier alpha value is -2.68. The summed E-state index contributed by atoms with van der Waals surface area (Å²) in [6.45, 7) is 3.98. The monoisotopic (exact) mass is 354 g/mol. The second-order valence-corrected chi connectivity index (χ2v) is 7.69. The van der Waals surface area contributed by atoms with Gasteiger partial charge in [0.25, 0.3) is 0 Å². The Balaban J connectivity index is 1.59. The van der Waals surface area contributed by atoms with Crippen LogP contribution in [0.2, 0.25) is 0 Å². The van der Waals surface area contributed by atoms with Gasteiger partial charge in [-0.05, 0) is 58.7 Å². The molecule has 0 saturated carbocycles. The standard InChI is InChI=1S/C25H22O2/c1-25(2)26-23(21-13-11-17-7-3-5-9-19(17)15-21)24(27-25)22-14-12-18-8-4-6-10-20(18)16-22/h3-16,23-24H,1-2H3/t23-,24-/m1/s1. The van der Waals surface area contributed by atoms with Crippen LogP contribution in [0, 0.1) is 0 Å². The largest absolute Gasteiger partial charge is 0.339 e. The van der Waals surface area contributed by atoms with Gasteiger partial charge in [0.15, 0.2) is 5.79 Å². The summed E-state index contributed by atoms with van der Waals surface area (Å²) in [5.74, 6) is -0.618. The molecule has 2 heteroatoms. The first-order valence-corrected chi connectivity index (χ1v) is 9.42. The van der Waals surface area contributed by atoms with Crippen molar-refractivity contribution >= 4 is 21.5 Å². The summed E-state index contributed by atoms with van der Waals surface area (Å²) in [5, 5.41) is 4.92. The van der Waals surface area contributed by atoms with Gasteiger partial charge in [-0.25, -0.2) is 0 Å². The molecule has 2 atom stereocenters. The second kappa shape index (κ2) is 6.19. The van der Waals surface area contributed by atoms with Crippen molar-refractivity contribution in [2.24, 2.45) is 0 Å². The molecule has 0 unspecified atom stereocenters. The first-order chi connectivity index (χ1) is 13.1. The Morgan fingerprint density at radius 3 is 1.41 bits per heavy atom. The summed E-state index contributed by atoms with van der Waals surface area (Å²) in [6, 6.07) is 29.9. The predicted octanol–water partition coefficient (Wildman–Crippen LogP) is 6.56. The van der Waals surface area contributed by atoms with Gasteiger partial charge < -0.3 is 9.47 Å². The van der Waals surface area contributed by atoms with E-state index in [-0.39, 0.29) is 12.2 Å². The van der Waals surface area contributed by atoms with Crippen molar-refractivity contribution in [2.45, 2.75) is 31.8 Å². The molecule has 0 amide bonds. The average Bonchev–Trinajstić information content (AvgIpc) is 3.03. The van der Waals surface area contributed by atoms with Crippen LogP contribution >= 0.6 is 0 Å². The number of ether oxygens (including phenoxy) is 2. The van der Waals surface area contributed by atoms with E-state index in [0.717, 1.165) is 11.1 Å². The summed E-state index contributed by atoms with van der Waals surface area (Å²) >= 11 is 0. The number of hydrogen-bond donors (Lipinski definition) is 0. The third kappa shape index (κ3) is 3.01. The van der Waals surface area contributed by atoms with Crippen molar-refractivity contribution in [3.05, 3.63) is 96.1 Å². The fraction of sp³-hybridized carbons (Fsp3) is 0.200. The highest BCUT2D eigenvalue weighted by Crippen LogP contribution is 2.47. The van der Waals surface area contributed by atoms with E-state index in [1.54, 1.807) is 0 Å². The maximum absolute atomic E-state index is 6.34. The number of benzene rings is 4. The summed E-state index contributed by atoms with van der Waals surface area (Å²) in [6.07, 6.45) is -0.267. The van der Waals surface area contributed by atoms with Crippen LogP contribution in [-0.2, 0) is 9.47 Å². The van der Waals surface area contributed by atoms with Gasteiger partial charge in [-0.3, -0.25) is 0 Å². The fourth-order valence-corrected chi connectivity index (χ4v) is 4.02. The van der Waals surface area contributed by atoms with Crippen LogP contribution in [0.15, 0.2) is 84.9 Å². The van der Waals surface area contributed by atoms with E-state index in [2.05, 4.69) is 84.9 Å². The van der Waals surface area contributed by atoms with E-state index in [1.165, 1.54) is 21.5 Å². The van der Waals surface area contributed by atoms with E-state index < -0.39 is 5.79 Å². The Labute approximate surface area is 159 Å². The second-order valence-electron chi connectivity index (χ2n) is 7.69. The molecule has 4 aromatic rings. The lowest BCUT2D eigenvalue weighted by atomic mass is 9.95. The lowest BCUT2D eigenvalue weighted by Crippen LogP contribution is -2.20. The molecule has 1 fully saturated rings. The van der Waals surface area contributed by atoms with Crippen LogP contribution < -0.4 is 0 Å². The molecule has 0 radical (unpaired) electrons. The number of fused-ring (bicyclic) bond motifs is 2. The summed E-state index contributed by atoms with van der Waals surface area (Å²) in [4.78, 5) is 0. The van der Waals surface area contributed by atoms with Crippen molar-refractivity contribution in [2.75, 3.05) is 0 Å². The van der Waals surface area contributed by atoms with Gasteiger partial charge in [0.05, 0.1) is 0 Å². The topological polar surface area (TPSA) is 18.5 Å². The Kier molecular flexibility index (Phi) is 3.78. The van der Waals surface area contributed by atoms with Crippen molar-refractivity contribution in [3.8, 4) is 0 Å². The van der Waals surface area contributed by atoms with Gasteiger partial charge in [-0.1, -0.05) is 72.8 Å². The molecule has 0 bridgehead atoms. The molecule has 27 heavy (non-hydrogen) atoms. The minimum absolute atomic E-state index is 0.134. The first kappa shape index (κ1) is 16.5. The smallest absolute Gasteiger partial charge is 0.164 e. The average molecular weight is 354 g/mol. The molecule has 4 aromatic carbocycles. The molecule has 1 aliphatic heterocycles. The van der Waals surface area contributed by atoms with Crippen LogP contribution in [0.4, 0.5) is 0 Å². The van der Waals surface area contributed by atoms with Gasteiger partial charge >= 0.3 is 0 Å². The minimum Gasteiger partial charge on any atom is -0.339 e. The third-order valence-corrected chi connectivity index (χ3v) is 5.30. The molecule has 0 spiro atoms. The SMILES string of the molecule is CC1(C)O[C@H](c2ccc3ccccc3c2)[C@@H](c2ccc3ccccc3c2)O1. The molecule has 0 aromatic heterocycles. The van der Waals surface area contributed by atoms with E-state index in [4.69, 9.17) is 9.47 Å². The maximum Gasteiger partial charge on any atom is 0.164 e. The Morgan fingerprint density at radius 2 is 0.963 bits per heavy atom. The lowest BCUT2D eigenvalue weighted by molar-refractivity contribution is -0.147. The minimum atomic E-state index is -0.618. The quantitative estimate of drug-likeness (QED) is 0.406. The zero-order chi connectivity index (χ0) is 18.4. The zero-order valence-corrected chi connectivity index (χ0v) is 15.6. The number of rotatable bonds is 2. The molecule has 134 valence electrons. The summed E-state index contributed by atoms with van der Waals surface area (Å²) in [7, 11) is 0. The van der Waals surface area contributed by atoms with Crippen LogP contribution in [-0.4, -0.2) is 5.79 Å². The molecule has 1 aliphatic rings. The molecule has 1 heterocycles. The first-order valence-electron chi connectivity index (χ1n) is 9.42. The van der Waals surface area contributed by atoms with E-state index in [0.29, 0.717) is 0 Å². The van der Waals surface area contributed by atoms with Crippen molar-refractivity contribution in [1.82, 2.24) is 0 Å². The maximum atomic E-state index is 6.34. The lowest BCUT2D eigenvalue weighted by Gasteiger charge is -2.18. The predicted molar refractivity (Wildman–Crippen MR) is 110 cm³/mol. The molecule has 1 saturated heterocycles. The van der Waals surface area contributed by atoms with Crippen molar-refractivity contribution < 1.29 is 9.47 Å².